The second-order valence-corrected chi connectivity index (χ2v) is 4.80. The predicted molar refractivity (Wildman–Crippen MR) is 64.0 cm³/mol. The van der Waals surface area contributed by atoms with Gasteiger partial charge in [-0.2, -0.15) is 0 Å². The Balaban J connectivity index is 2.18. The quantitative estimate of drug-likeness (QED) is 0.714. The number of carbonyl (C=O) groups is 1. The molecule has 0 aromatic heterocycles. The van der Waals surface area contributed by atoms with Gasteiger partial charge in [0, 0.05) is 31.7 Å². The summed E-state index contributed by atoms with van der Waals surface area (Å²) in [4.78, 5) is 11.0. The van der Waals surface area contributed by atoms with E-state index in [1.165, 1.54) is 0 Å². The van der Waals surface area contributed by atoms with Gasteiger partial charge in [0.05, 0.1) is 0 Å². The molecule has 1 atom stereocenters. The van der Waals surface area contributed by atoms with E-state index in [2.05, 4.69) is 12.2 Å². The molecule has 1 aliphatic rings. The molecule has 0 spiro atoms. The first-order valence-corrected chi connectivity index (χ1v) is 6.17. The largest absolute Gasteiger partial charge is 0.385 e. The van der Waals surface area contributed by atoms with Crippen LogP contribution in [0, 0.1) is 5.92 Å². The Kier molecular flexibility index (Phi) is 5.77. The van der Waals surface area contributed by atoms with Gasteiger partial charge in [0.25, 0.3) is 0 Å². The Bertz CT molecular complexity index is 213. The molecule has 0 aliphatic heterocycles. The van der Waals surface area contributed by atoms with Crippen molar-refractivity contribution in [3.63, 3.8) is 0 Å². The highest BCUT2D eigenvalue weighted by Gasteiger charge is 2.24. The molecule has 1 unspecified atom stereocenters. The van der Waals surface area contributed by atoms with Gasteiger partial charge < -0.3 is 15.8 Å². The zero-order valence-electron chi connectivity index (χ0n) is 10.4. The maximum atomic E-state index is 11.0. The molecule has 1 saturated carbocycles. The van der Waals surface area contributed by atoms with E-state index >= 15 is 0 Å². The fourth-order valence-electron chi connectivity index (χ4n) is 2.32. The van der Waals surface area contributed by atoms with E-state index in [0.717, 1.165) is 38.7 Å². The van der Waals surface area contributed by atoms with Gasteiger partial charge in [-0.3, -0.25) is 4.79 Å². The third-order valence-electron chi connectivity index (χ3n) is 3.40. The number of hydrogen-bond donors (Lipinski definition) is 2. The van der Waals surface area contributed by atoms with Gasteiger partial charge in [-0.1, -0.05) is 0 Å². The first-order chi connectivity index (χ1) is 7.63. The van der Waals surface area contributed by atoms with Crippen LogP contribution in [-0.4, -0.2) is 31.7 Å². The number of methoxy groups -OCH3 is 1. The lowest BCUT2D eigenvalue weighted by molar-refractivity contribution is -0.122. The topological polar surface area (TPSA) is 64.3 Å². The van der Waals surface area contributed by atoms with Gasteiger partial charge >= 0.3 is 0 Å². The van der Waals surface area contributed by atoms with Crippen LogP contribution in [0.3, 0.4) is 0 Å². The summed E-state index contributed by atoms with van der Waals surface area (Å²) < 4.78 is 5.05. The van der Waals surface area contributed by atoms with Gasteiger partial charge in [0.1, 0.15) is 0 Å². The Morgan fingerprint density at radius 3 is 2.56 bits per heavy atom. The number of rotatable bonds is 6. The van der Waals surface area contributed by atoms with Crippen LogP contribution in [0.1, 0.15) is 39.0 Å². The molecule has 0 bridgehead atoms. The van der Waals surface area contributed by atoms with Gasteiger partial charge in [-0.15, -0.1) is 0 Å². The normalized spacial score (nSPS) is 27.6. The highest BCUT2D eigenvalue weighted by Crippen LogP contribution is 2.24. The highest BCUT2D eigenvalue weighted by atomic mass is 16.5. The Morgan fingerprint density at radius 1 is 1.44 bits per heavy atom. The molecule has 4 nitrogen and oxygen atoms in total. The van der Waals surface area contributed by atoms with Crippen molar-refractivity contribution in [2.45, 2.75) is 51.1 Å². The maximum absolute atomic E-state index is 11.0. The monoisotopic (exact) mass is 228 g/mol. The van der Waals surface area contributed by atoms with Crippen molar-refractivity contribution in [1.82, 2.24) is 5.32 Å². The molecule has 94 valence electrons. The number of hydrogen-bond acceptors (Lipinski definition) is 3. The molecular weight excluding hydrogens is 204 g/mol. The van der Waals surface area contributed by atoms with E-state index in [9.17, 15) is 4.79 Å². The molecule has 16 heavy (non-hydrogen) atoms. The van der Waals surface area contributed by atoms with Crippen molar-refractivity contribution >= 4 is 5.91 Å². The van der Waals surface area contributed by atoms with Crippen LogP contribution in [-0.2, 0) is 9.53 Å². The van der Waals surface area contributed by atoms with Gasteiger partial charge in [-0.25, -0.2) is 0 Å². The summed E-state index contributed by atoms with van der Waals surface area (Å²) in [7, 11) is 1.73. The number of primary amides is 1. The van der Waals surface area contributed by atoms with E-state index in [1.54, 1.807) is 7.11 Å². The lowest BCUT2D eigenvalue weighted by Gasteiger charge is -2.29. The molecule has 0 saturated heterocycles. The van der Waals surface area contributed by atoms with Crippen molar-refractivity contribution in [3.8, 4) is 0 Å². The Morgan fingerprint density at radius 2 is 2.06 bits per heavy atom. The second-order valence-electron chi connectivity index (χ2n) is 4.80. The third kappa shape index (κ3) is 4.49. The van der Waals surface area contributed by atoms with Crippen LogP contribution < -0.4 is 11.1 Å². The number of nitrogens with one attached hydrogen (secondary N) is 1. The number of ether oxygens (including phenoxy) is 1. The van der Waals surface area contributed by atoms with Crippen molar-refractivity contribution in [3.05, 3.63) is 0 Å². The minimum absolute atomic E-state index is 0.104. The molecular formula is C12H24N2O2. The standard InChI is InChI=1S/C12H24N2O2/c1-9(7-8-16-2)14-11-5-3-10(4-6-11)12(13)15/h9-11,14H,3-8H2,1-2H3,(H2,13,15). The van der Waals surface area contributed by atoms with Gasteiger partial charge in [0.15, 0.2) is 0 Å². The fourth-order valence-corrected chi connectivity index (χ4v) is 2.32. The maximum Gasteiger partial charge on any atom is 0.220 e. The third-order valence-corrected chi connectivity index (χ3v) is 3.40. The van der Waals surface area contributed by atoms with E-state index in [-0.39, 0.29) is 11.8 Å². The van der Waals surface area contributed by atoms with Crippen LogP contribution in [0.2, 0.25) is 0 Å². The Hall–Kier alpha value is -0.610. The Labute approximate surface area is 97.9 Å². The minimum atomic E-state index is -0.133. The molecule has 3 N–H and O–H groups in total. The van der Waals surface area contributed by atoms with Crippen LogP contribution in [0.15, 0.2) is 0 Å². The highest BCUT2D eigenvalue weighted by molar-refractivity contribution is 5.76. The van der Waals surface area contributed by atoms with Crippen molar-refractivity contribution in [1.29, 1.82) is 0 Å². The summed E-state index contributed by atoms with van der Waals surface area (Å²) in [6.07, 6.45) is 5.02. The molecule has 0 aromatic carbocycles. The minimum Gasteiger partial charge on any atom is -0.385 e. The smallest absolute Gasteiger partial charge is 0.220 e. The average Bonchev–Trinajstić information content (AvgIpc) is 2.27. The van der Waals surface area contributed by atoms with Crippen molar-refractivity contribution in [2.75, 3.05) is 13.7 Å². The van der Waals surface area contributed by atoms with Crippen molar-refractivity contribution < 1.29 is 9.53 Å². The second kappa shape index (κ2) is 6.86. The SMILES string of the molecule is COCCC(C)NC1CCC(C(N)=O)CC1. The summed E-state index contributed by atoms with van der Waals surface area (Å²) >= 11 is 0. The van der Waals surface area contributed by atoms with E-state index < -0.39 is 0 Å². The van der Waals surface area contributed by atoms with Gasteiger partial charge in [0.2, 0.25) is 5.91 Å². The molecule has 1 fully saturated rings. The molecule has 0 radical (unpaired) electrons. The molecule has 1 rings (SSSR count). The summed E-state index contributed by atoms with van der Waals surface area (Å²) in [5.74, 6) is -0.0294. The summed E-state index contributed by atoms with van der Waals surface area (Å²) in [5, 5.41) is 3.58. The molecule has 0 heterocycles. The fraction of sp³-hybridized carbons (Fsp3) is 0.917. The molecule has 0 aromatic rings. The number of carbonyl (C=O) groups excluding carboxylic acids is 1. The summed E-state index contributed by atoms with van der Waals surface area (Å²) in [6.45, 7) is 2.98. The first-order valence-electron chi connectivity index (χ1n) is 6.17. The molecule has 1 amide bonds. The lowest BCUT2D eigenvalue weighted by Crippen LogP contribution is -2.41. The van der Waals surface area contributed by atoms with E-state index in [0.29, 0.717) is 12.1 Å². The van der Waals surface area contributed by atoms with Gasteiger partial charge in [-0.05, 0) is 39.0 Å². The van der Waals surface area contributed by atoms with Crippen molar-refractivity contribution in [2.24, 2.45) is 11.7 Å². The summed E-state index contributed by atoms with van der Waals surface area (Å²) in [6, 6.07) is 1.03. The molecule has 1 aliphatic carbocycles. The predicted octanol–water partition coefficient (Wildman–Crippen LogP) is 1.05. The first kappa shape index (κ1) is 13.5. The van der Waals surface area contributed by atoms with E-state index in [1.807, 2.05) is 0 Å². The molecule has 4 heteroatoms. The lowest BCUT2D eigenvalue weighted by atomic mass is 9.85. The summed E-state index contributed by atoms with van der Waals surface area (Å²) in [5.41, 5.74) is 5.30. The number of amides is 1. The van der Waals surface area contributed by atoms with E-state index in [4.69, 9.17) is 10.5 Å². The average molecular weight is 228 g/mol. The zero-order valence-corrected chi connectivity index (χ0v) is 10.4. The van der Waals surface area contributed by atoms with Crippen LogP contribution in [0.4, 0.5) is 0 Å². The van der Waals surface area contributed by atoms with Crippen LogP contribution in [0.5, 0.6) is 0 Å². The van der Waals surface area contributed by atoms with Crippen LogP contribution >= 0.6 is 0 Å². The van der Waals surface area contributed by atoms with Crippen LogP contribution in [0.25, 0.3) is 0 Å². The zero-order chi connectivity index (χ0) is 12.0. The number of nitrogens with two attached hydrogens (primary N) is 1.